The Labute approximate surface area is 222 Å². The lowest BCUT2D eigenvalue weighted by atomic mass is 10.00. The molecule has 0 radical (unpaired) electrons. The maximum atomic E-state index is 13.8. The molecule has 9 heteroatoms. The van der Waals surface area contributed by atoms with Gasteiger partial charge in [0.2, 0.25) is 5.91 Å². The molecule has 0 spiro atoms. The van der Waals surface area contributed by atoms with Gasteiger partial charge in [-0.3, -0.25) is 19.6 Å². The number of hydrogen-bond donors (Lipinski definition) is 1. The van der Waals surface area contributed by atoms with Crippen LogP contribution in [0.25, 0.3) is 0 Å². The van der Waals surface area contributed by atoms with Crippen LogP contribution in [0.15, 0.2) is 85.2 Å². The van der Waals surface area contributed by atoms with Crippen molar-refractivity contribution in [1.29, 1.82) is 0 Å². The molecule has 2 atom stereocenters. The molecule has 2 fully saturated rings. The van der Waals surface area contributed by atoms with Gasteiger partial charge in [-0.25, -0.2) is 4.79 Å². The number of fused-ring (bicyclic) bond motifs is 1. The van der Waals surface area contributed by atoms with Gasteiger partial charge in [0, 0.05) is 32.0 Å². The summed E-state index contributed by atoms with van der Waals surface area (Å²) in [5.74, 6) is -0.298. The second-order valence-electron chi connectivity index (χ2n) is 9.53. The lowest BCUT2D eigenvalue weighted by molar-refractivity contribution is -0.158. The number of amides is 4. The number of carbonyl (C=O) groups is 3. The number of aromatic nitrogens is 1. The Morgan fingerprint density at radius 3 is 2.34 bits per heavy atom. The van der Waals surface area contributed by atoms with E-state index in [9.17, 15) is 14.4 Å². The fourth-order valence-corrected chi connectivity index (χ4v) is 5.17. The number of urea groups is 1. The van der Waals surface area contributed by atoms with Crippen molar-refractivity contribution in [2.75, 3.05) is 19.6 Å². The lowest BCUT2D eigenvalue weighted by Crippen LogP contribution is -2.62. The number of piperazine rings is 1. The van der Waals surface area contributed by atoms with Gasteiger partial charge >= 0.3 is 6.03 Å². The first-order valence-electron chi connectivity index (χ1n) is 13.0. The molecular formula is C29H32N6O3. The summed E-state index contributed by atoms with van der Waals surface area (Å²) in [5.41, 5.74) is 2.70. The highest BCUT2D eigenvalue weighted by atomic mass is 16.2. The van der Waals surface area contributed by atoms with Crippen LogP contribution in [0, 0.1) is 0 Å². The molecule has 2 aliphatic heterocycles. The van der Waals surface area contributed by atoms with Crippen LogP contribution in [0.1, 0.15) is 36.1 Å². The van der Waals surface area contributed by atoms with Crippen molar-refractivity contribution in [3.63, 3.8) is 0 Å². The average molecular weight is 513 g/mol. The van der Waals surface area contributed by atoms with Crippen LogP contribution >= 0.6 is 0 Å². The third kappa shape index (κ3) is 5.24. The molecule has 2 saturated heterocycles. The van der Waals surface area contributed by atoms with Crippen LogP contribution in [0.4, 0.5) is 4.79 Å². The number of rotatable bonds is 8. The van der Waals surface area contributed by atoms with Crippen molar-refractivity contribution in [2.24, 2.45) is 0 Å². The van der Waals surface area contributed by atoms with Crippen molar-refractivity contribution in [3.05, 3.63) is 102 Å². The van der Waals surface area contributed by atoms with E-state index in [1.807, 2.05) is 84.7 Å². The number of nitrogens with zero attached hydrogens (tertiary/aromatic N) is 5. The predicted octanol–water partition coefficient (Wildman–Crippen LogP) is 3.17. The number of pyridine rings is 1. The largest absolute Gasteiger partial charge is 0.333 e. The summed E-state index contributed by atoms with van der Waals surface area (Å²) in [4.78, 5) is 48.2. The molecule has 1 N–H and O–H groups in total. The molecule has 5 rings (SSSR count). The molecular weight excluding hydrogens is 480 g/mol. The number of nitrogens with one attached hydrogen (secondary N) is 1. The van der Waals surface area contributed by atoms with Crippen LogP contribution in [0.5, 0.6) is 0 Å². The van der Waals surface area contributed by atoms with Crippen LogP contribution < -0.4 is 5.32 Å². The summed E-state index contributed by atoms with van der Waals surface area (Å²) < 4.78 is 0. The third-order valence-electron chi connectivity index (χ3n) is 6.96. The molecule has 3 aromatic rings. The smallest absolute Gasteiger partial charge is 0.332 e. The molecule has 196 valence electrons. The van der Waals surface area contributed by atoms with Crippen molar-refractivity contribution in [1.82, 2.24) is 30.1 Å². The van der Waals surface area contributed by atoms with Gasteiger partial charge in [0.15, 0.2) is 0 Å². The van der Waals surface area contributed by atoms with E-state index in [1.54, 1.807) is 27.2 Å². The SMILES string of the molecule is CCCN(C(=O)NCc1ccccc1)N1CC(=O)N2[C@@H](c3ccccc3)C(=O)N(Cc3ccncc3)C[C@@H]21. The highest BCUT2D eigenvalue weighted by Crippen LogP contribution is 2.36. The Kier molecular flexibility index (Phi) is 7.65. The van der Waals surface area contributed by atoms with Gasteiger partial charge in [-0.05, 0) is 35.2 Å². The van der Waals surface area contributed by atoms with Crippen LogP contribution in [-0.4, -0.2) is 68.4 Å². The van der Waals surface area contributed by atoms with Crippen molar-refractivity contribution >= 4 is 17.8 Å². The van der Waals surface area contributed by atoms with E-state index >= 15 is 0 Å². The quantitative estimate of drug-likeness (QED) is 0.501. The normalized spacial score (nSPS) is 19.4. The minimum Gasteiger partial charge on any atom is -0.333 e. The monoisotopic (exact) mass is 512 g/mol. The second-order valence-corrected chi connectivity index (χ2v) is 9.53. The van der Waals surface area contributed by atoms with Gasteiger partial charge in [0.25, 0.3) is 5.91 Å². The van der Waals surface area contributed by atoms with E-state index in [2.05, 4.69) is 10.3 Å². The standard InChI is InChI=1S/C29H32N6O3/c1-2-17-33(29(38)31-18-22-9-5-3-6-10-22)34-21-26(36)35-25(34)20-32(19-23-13-15-30-16-14-23)28(37)27(35)24-11-7-4-8-12-24/h3-16,25,27H,2,17-21H2,1H3,(H,31,38)/t25-,27+/m1/s1. The van der Waals surface area contributed by atoms with E-state index in [-0.39, 0.29) is 24.4 Å². The fourth-order valence-electron chi connectivity index (χ4n) is 5.17. The minimum atomic E-state index is -0.759. The molecule has 3 heterocycles. The fraction of sp³-hybridized carbons (Fsp3) is 0.310. The molecule has 1 aromatic heterocycles. The van der Waals surface area contributed by atoms with E-state index in [4.69, 9.17) is 0 Å². The summed E-state index contributed by atoms with van der Waals surface area (Å²) in [6, 6.07) is 21.9. The maximum absolute atomic E-state index is 13.8. The van der Waals surface area contributed by atoms with E-state index in [0.717, 1.165) is 23.1 Å². The molecule has 2 aliphatic rings. The Bertz CT molecular complexity index is 1260. The van der Waals surface area contributed by atoms with Crippen LogP contribution in [0.3, 0.4) is 0 Å². The van der Waals surface area contributed by atoms with E-state index < -0.39 is 12.2 Å². The third-order valence-corrected chi connectivity index (χ3v) is 6.96. The van der Waals surface area contributed by atoms with Gasteiger partial charge < -0.3 is 15.1 Å². The predicted molar refractivity (Wildman–Crippen MR) is 142 cm³/mol. The highest BCUT2D eigenvalue weighted by Gasteiger charge is 2.52. The molecule has 0 aliphatic carbocycles. The Hall–Kier alpha value is -4.24. The zero-order valence-corrected chi connectivity index (χ0v) is 21.4. The van der Waals surface area contributed by atoms with Crippen molar-refractivity contribution in [3.8, 4) is 0 Å². The summed E-state index contributed by atoms with van der Waals surface area (Å²) in [7, 11) is 0. The van der Waals surface area contributed by atoms with Crippen LogP contribution in [0.2, 0.25) is 0 Å². The first kappa shape index (κ1) is 25.4. The van der Waals surface area contributed by atoms with Gasteiger partial charge in [-0.2, -0.15) is 5.01 Å². The first-order valence-corrected chi connectivity index (χ1v) is 13.0. The van der Waals surface area contributed by atoms with Gasteiger partial charge in [-0.1, -0.05) is 67.6 Å². The summed E-state index contributed by atoms with van der Waals surface area (Å²) >= 11 is 0. The second kappa shape index (κ2) is 11.4. The van der Waals surface area contributed by atoms with E-state index in [1.165, 1.54) is 0 Å². The van der Waals surface area contributed by atoms with Crippen molar-refractivity contribution in [2.45, 2.75) is 38.6 Å². The molecule has 0 bridgehead atoms. The van der Waals surface area contributed by atoms with E-state index in [0.29, 0.717) is 26.2 Å². The summed E-state index contributed by atoms with van der Waals surface area (Å²) in [6.45, 7) is 3.55. The minimum absolute atomic E-state index is 0.0309. The number of benzene rings is 2. The summed E-state index contributed by atoms with van der Waals surface area (Å²) in [5, 5.41) is 6.46. The molecule has 4 amide bonds. The Balaban J connectivity index is 1.44. The number of carbonyl (C=O) groups excluding carboxylic acids is 3. The molecule has 9 nitrogen and oxygen atoms in total. The maximum Gasteiger partial charge on any atom is 0.332 e. The zero-order chi connectivity index (χ0) is 26.5. The average Bonchev–Trinajstić information content (AvgIpc) is 3.27. The van der Waals surface area contributed by atoms with Crippen molar-refractivity contribution < 1.29 is 14.4 Å². The molecule has 0 saturated carbocycles. The zero-order valence-electron chi connectivity index (χ0n) is 21.4. The lowest BCUT2D eigenvalue weighted by Gasteiger charge is -2.46. The molecule has 38 heavy (non-hydrogen) atoms. The summed E-state index contributed by atoms with van der Waals surface area (Å²) in [6.07, 6.45) is 3.66. The molecule has 0 unspecified atom stereocenters. The number of hydrazine groups is 1. The number of hydrogen-bond acceptors (Lipinski definition) is 5. The first-order chi connectivity index (χ1) is 18.6. The van der Waals surface area contributed by atoms with Gasteiger partial charge in [0.05, 0.1) is 13.1 Å². The van der Waals surface area contributed by atoms with Gasteiger partial charge in [-0.15, -0.1) is 0 Å². The molecule has 2 aromatic carbocycles. The van der Waals surface area contributed by atoms with Crippen LogP contribution in [-0.2, 0) is 22.7 Å². The Morgan fingerprint density at radius 2 is 1.66 bits per heavy atom. The topological polar surface area (TPSA) is 89.1 Å². The Morgan fingerprint density at radius 1 is 0.974 bits per heavy atom. The highest BCUT2D eigenvalue weighted by molar-refractivity contribution is 5.92. The van der Waals surface area contributed by atoms with Gasteiger partial charge in [0.1, 0.15) is 12.2 Å².